The number of rotatable bonds is 3. The number of nitrogens with zero attached hydrogens (tertiary/aromatic N) is 2. The van der Waals surface area contributed by atoms with E-state index in [2.05, 4.69) is 24.1 Å². The van der Waals surface area contributed by atoms with Gasteiger partial charge < -0.3 is 15.1 Å². The van der Waals surface area contributed by atoms with Crippen LogP contribution in [0.4, 0.5) is 11.4 Å². The first-order valence-electron chi connectivity index (χ1n) is 9.55. The molecule has 0 spiro atoms. The van der Waals surface area contributed by atoms with Gasteiger partial charge in [0.05, 0.1) is 11.3 Å². The van der Waals surface area contributed by atoms with Gasteiger partial charge in [0.2, 0.25) is 0 Å². The SMILES string of the molecule is CC(C)c1ccc(NC(=O)c2ccc3c(c2)N(C)C2CCCN2C3=O)cc1. The van der Waals surface area contributed by atoms with E-state index in [0.717, 1.165) is 30.8 Å². The van der Waals surface area contributed by atoms with E-state index >= 15 is 0 Å². The zero-order chi connectivity index (χ0) is 19.1. The Hall–Kier alpha value is -2.82. The summed E-state index contributed by atoms with van der Waals surface area (Å²) in [7, 11) is 2.00. The molecule has 140 valence electrons. The van der Waals surface area contributed by atoms with Crippen LogP contribution in [0.3, 0.4) is 0 Å². The molecule has 0 aromatic heterocycles. The smallest absolute Gasteiger partial charge is 0.257 e. The number of benzene rings is 2. The molecular formula is C22H25N3O2. The van der Waals surface area contributed by atoms with Crippen molar-refractivity contribution in [2.75, 3.05) is 23.8 Å². The van der Waals surface area contributed by atoms with E-state index in [-0.39, 0.29) is 18.0 Å². The van der Waals surface area contributed by atoms with Crippen molar-refractivity contribution in [1.29, 1.82) is 0 Å². The molecule has 2 aliphatic rings. The quantitative estimate of drug-likeness (QED) is 0.894. The van der Waals surface area contributed by atoms with Gasteiger partial charge in [-0.1, -0.05) is 26.0 Å². The van der Waals surface area contributed by atoms with Crippen LogP contribution in [0.15, 0.2) is 42.5 Å². The highest BCUT2D eigenvalue weighted by atomic mass is 16.2. The second-order valence-corrected chi connectivity index (χ2v) is 7.70. The predicted molar refractivity (Wildman–Crippen MR) is 107 cm³/mol. The number of fused-ring (bicyclic) bond motifs is 2. The Morgan fingerprint density at radius 1 is 1.15 bits per heavy atom. The maximum absolute atomic E-state index is 12.7. The number of hydrogen-bond donors (Lipinski definition) is 1. The van der Waals surface area contributed by atoms with E-state index in [1.54, 1.807) is 12.1 Å². The molecule has 2 heterocycles. The summed E-state index contributed by atoms with van der Waals surface area (Å²) in [6.07, 6.45) is 2.10. The van der Waals surface area contributed by atoms with Crippen molar-refractivity contribution in [1.82, 2.24) is 4.90 Å². The summed E-state index contributed by atoms with van der Waals surface area (Å²) in [5.74, 6) is 0.366. The minimum absolute atomic E-state index is 0.0711. The fourth-order valence-electron chi connectivity index (χ4n) is 4.00. The van der Waals surface area contributed by atoms with Gasteiger partial charge in [0.15, 0.2) is 0 Å². The van der Waals surface area contributed by atoms with Crippen LogP contribution in [0, 0.1) is 0 Å². The normalized spacial score (nSPS) is 18.5. The number of nitrogens with one attached hydrogen (secondary N) is 1. The van der Waals surface area contributed by atoms with Crippen LogP contribution >= 0.6 is 0 Å². The van der Waals surface area contributed by atoms with E-state index in [4.69, 9.17) is 0 Å². The molecule has 1 fully saturated rings. The van der Waals surface area contributed by atoms with E-state index in [1.807, 2.05) is 42.3 Å². The fraction of sp³-hybridized carbons (Fsp3) is 0.364. The first kappa shape index (κ1) is 17.6. The molecule has 5 heteroatoms. The van der Waals surface area contributed by atoms with Crippen molar-refractivity contribution >= 4 is 23.2 Å². The van der Waals surface area contributed by atoms with Crippen LogP contribution in [0.25, 0.3) is 0 Å². The average Bonchev–Trinajstić information content (AvgIpc) is 3.16. The molecular weight excluding hydrogens is 338 g/mol. The van der Waals surface area contributed by atoms with Crippen LogP contribution in [0.2, 0.25) is 0 Å². The minimum Gasteiger partial charge on any atom is -0.354 e. The molecule has 27 heavy (non-hydrogen) atoms. The van der Waals surface area contributed by atoms with Crippen LogP contribution in [0.5, 0.6) is 0 Å². The second-order valence-electron chi connectivity index (χ2n) is 7.70. The van der Waals surface area contributed by atoms with Crippen molar-refractivity contribution in [3.63, 3.8) is 0 Å². The van der Waals surface area contributed by atoms with E-state index in [1.165, 1.54) is 5.56 Å². The Kier molecular flexibility index (Phi) is 4.38. The zero-order valence-electron chi connectivity index (χ0n) is 16.0. The molecule has 0 saturated carbocycles. The van der Waals surface area contributed by atoms with E-state index in [0.29, 0.717) is 17.0 Å². The van der Waals surface area contributed by atoms with E-state index in [9.17, 15) is 9.59 Å². The molecule has 0 radical (unpaired) electrons. The highest BCUT2D eigenvalue weighted by Crippen LogP contribution is 2.35. The number of hydrogen-bond acceptors (Lipinski definition) is 3. The maximum atomic E-state index is 12.7. The van der Waals surface area contributed by atoms with Crippen LogP contribution < -0.4 is 10.2 Å². The standard InChI is InChI=1S/C22H25N3O2/c1-14(2)15-6-9-17(10-7-15)23-21(26)16-8-11-18-19(13-16)24(3)20-5-4-12-25(20)22(18)27/h6-11,13-14,20H,4-5,12H2,1-3H3,(H,23,26). The van der Waals surface area contributed by atoms with Gasteiger partial charge in [-0.05, 0) is 54.7 Å². The molecule has 4 rings (SSSR count). The van der Waals surface area contributed by atoms with Gasteiger partial charge in [0.1, 0.15) is 6.17 Å². The van der Waals surface area contributed by atoms with E-state index < -0.39 is 0 Å². The lowest BCUT2D eigenvalue weighted by atomic mass is 10.0. The molecule has 2 aliphatic heterocycles. The Labute approximate surface area is 160 Å². The Morgan fingerprint density at radius 3 is 2.59 bits per heavy atom. The van der Waals surface area contributed by atoms with Gasteiger partial charge in [0.25, 0.3) is 11.8 Å². The Bertz CT molecular complexity index is 889. The average molecular weight is 363 g/mol. The first-order chi connectivity index (χ1) is 13.0. The number of carbonyl (C=O) groups is 2. The molecule has 1 atom stereocenters. The van der Waals surface area contributed by atoms with Gasteiger partial charge in [-0.3, -0.25) is 9.59 Å². The summed E-state index contributed by atoms with van der Waals surface area (Å²) in [6.45, 7) is 5.09. The third-order valence-corrected chi connectivity index (χ3v) is 5.63. The molecule has 1 N–H and O–H groups in total. The van der Waals surface area contributed by atoms with Crippen molar-refractivity contribution in [3.05, 3.63) is 59.2 Å². The van der Waals surface area contributed by atoms with Crippen molar-refractivity contribution in [2.24, 2.45) is 0 Å². The summed E-state index contributed by atoms with van der Waals surface area (Å²) in [4.78, 5) is 29.5. The molecule has 2 amide bonds. The molecule has 1 unspecified atom stereocenters. The topological polar surface area (TPSA) is 52.7 Å². The van der Waals surface area contributed by atoms with Gasteiger partial charge >= 0.3 is 0 Å². The largest absolute Gasteiger partial charge is 0.354 e. The summed E-state index contributed by atoms with van der Waals surface area (Å²) >= 11 is 0. The van der Waals surface area contributed by atoms with Crippen LogP contribution in [-0.4, -0.2) is 36.5 Å². The lowest BCUT2D eigenvalue weighted by Gasteiger charge is -2.40. The number of amides is 2. The lowest BCUT2D eigenvalue weighted by Crippen LogP contribution is -2.50. The molecule has 0 bridgehead atoms. The summed E-state index contributed by atoms with van der Waals surface area (Å²) in [6, 6.07) is 13.3. The van der Waals surface area contributed by atoms with Crippen molar-refractivity contribution < 1.29 is 9.59 Å². The summed E-state index contributed by atoms with van der Waals surface area (Å²) in [5.41, 5.74) is 4.09. The zero-order valence-corrected chi connectivity index (χ0v) is 16.0. The third-order valence-electron chi connectivity index (χ3n) is 5.63. The monoisotopic (exact) mass is 363 g/mol. The van der Waals surface area contributed by atoms with Gasteiger partial charge in [0, 0.05) is 24.8 Å². The fourth-order valence-corrected chi connectivity index (χ4v) is 4.00. The summed E-state index contributed by atoms with van der Waals surface area (Å²) in [5, 5.41) is 2.95. The van der Waals surface area contributed by atoms with Crippen LogP contribution in [0.1, 0.15) is 58.9 Å². The van der Waals surface area contributed by atoms with Gasteiger partial charge in [-0.15, -0.1) is 0 Å². The highest BCUT2D eigenvalue weighted by Gasteiger charge is 2.38. The Balaban J connectivity index is 1.57. The molecule has 0 aliphatic carbocycles. The van der Waals surface area contributed by atoms with Crippen molar-refractivity contribution in [3.8, 4) is 0 Å². The molecule has 2 aromatic rings. The minimum atomic E-state index is -0.162. The lowest BCUT2D eigenvalue weighted by molar-refractivity contribution is 0.0719. The number of anilines is 2. The van der Waals surface area contributed by atoms with Gasteiger partial charge in [-0.25, -0.2) is 0 Å². The molecule has 5 nitrogen and oxygen atoms in total. The molecule has 2 aromatic carbocycles. The summed E-state index contributed by atoms with van der Waals surface area (Å²) < 4.78 is 0. The second kappa shape index (κ2) is 6.72. The third kappa shape index (κ3) is 3.07. The Morgan fingerprint density at radius 2 is 1.89 bits per heavy atom. The first-order valence-corrected chi connectivity index (χ1v) is 9.55. The maximum Gasteiger partial charge on any atom is 0.257 e. The predicted octanol–water partition coefficient (Wildman–Crippen LogP) is 4.07. The number of carbonyl (C=O) groups excluding carboxylic acids is 2. The van der Waals surface area contributed by atoms with Crippen molar-refractivity contribution in [2.45, 2.75) is 38.8 Å². The van der Waals surface area contributed by atoms with Gasteiger partial charge in [-0.2, -0.15) is 0 Å². The molecule has 1 saturated heterocycles. The van der Waals surface area contributed by atoms with Crippen LogP contribution in [-0.2, 0) is 0 Å². The highest BCUT2D eigenvalue weighted by molar-refractivity contribution is 6.08.